The van der Waals surface area contributed by atoms with Gasteiger partial charge in [0.15, 0.2) is 0 Å². The topological polar surface area (TPSA) is 39.2 Å². The van der Waals surface area contributed by atoms with E-state index in [9.17, 15) is 4.79 Å². The number of carbonyl (C=O) groups excluding carboxylic acids is 1. The highest BCUT2D eigenvalue weighted by atomic mass is 16.5. The molecule has 0 aliphatic heterocycles. The van der Waals surface area contributed by atoms with Crippen LogP contribution in [0.3, 0.4) is 0 Å². The molecule has 1 aromatic rings. The molecule has 0 spiro atoms. The van der Waals surface area contributed by atoms with E-state index >= 15 is 0 Å². The predicted molar refractivity (Wildman–Crippen MR) is 61.6 cm³/mol. The number of aromatic nitrogens is 1. The third-order valence-corrected chi connectivity index (χ3v) is 2.92. The fourth-order valence-electron chi connectivity index (χ4n) is 2.06. The lowest BCUT2D eigenvalue weighted by molar-refractivity contribution is -0.117. The quantitative estimate of drug-likeness (QED) is 0.781. The third kappa shape index (κ3) is 2.60. The fraction of sp³-hybridized carbons (Fsp3) is 0.538. The molecule has 0 saturated heterocycles. The van der Waals surface area contributed by atoms with Gasteiger partial charge in [0.25, 0.3) is 0 Å². The van der Waals surface area contributed by atoms with Gasteiger partial charge >= 0.3 is 0 Å². The van der Waals surface area contributed by atoms with Gasteiger partial charge in [0.1, 0.15) is 11.5 Å². The average molecular weight is 219 g/mol. The summed E-state index contributed by atoms with van der Waals surface area (Å²) >= 11 is 0. The second-order valence-corrected chi connectivity index (χ2v) is 4.28. The molecule has 0 bridgehead atoms. The van der Waals surface area contributed by atoms with Crippen LogP contribution in [-0.2, 0) is 4.79 Å². The molecular formula is C13H17NO2. The molecule has 1 aromatic heterocycles. The molecule has 86 valence electrons. The lowest BCUT2D eigenvalue weighted by Gasteiger charge is -2.10. The smallest absolute Gasteiger partial charge is 0.137 e. The molecule has 3 nitrogen and oxygen atoms in total. The minimum atomic E-state index is 0.352. The molecule has 3 heteroatoms. The lowest BCUT2D eigenvalue weighted by Crippen LogP contribution is -1.99. The Labute approximate surface area is 95.8 Å². The van der Waals surface area contributed by atoms with Crippen molar-refractivity contribution in [3.05, 3.63) is 24.0 Å². The van der Waals surface area contributed by atoms with Crippen molar-refractivity contribution in [1.82, 2.24) is 4.98 Å². The van der Waals surface area contributed by atoms with Gasteiger partial charge in [-0.05, 0) is 30.4 Å². The van der Waals surface area contributed by atoms with E-state index in [2.05, 4.69) is 11.9 Å². The Morgan fingerprint density at radius 2 is 2.38 bits per heavy atom. The van der Waals surface area contributed by atoms with Crippen molar-refractivity contribution in [2.24, 2.45) is 0 Å². The van der Waals surface area contributed by atoms with E-state index in [4.69, 9.17) is 4.74 Å². The summed E-state index contributed by atoms with van der Waals surface area (Å²) in [5.41, 5.74) is 1.14. The summed E-state index contributed by atoms with van der Waals surface area (Å²) in [4.78, 5) is 15.4. The zero-order valence-electron chi connectivity index (χ0n) is 9.61. The molecule has 16 heavy (non-hydrogen) atoms. The molecule has 0 amide bonds. The Kier molecular flexibility index (Phi) is 3.54. The third-order valence-electron chi connectivity index (χ3n) is 2.92. The summed E-state index contributed by atoms with van der Waals surface area (Å²) in [7, 11) is 0. The molecule has 1 atom stereocenters. The number of pyridine rings is 1. The molecule has 1 aliphatic rings. The van der Waals surface area contributed by atoms with Crippen LogP contribution in [0.2, 0.25) is 0 Å². The molecular weight excluding hydrogens is 202 g/mol. The fourth-order valence-corrected chi connectivity index (χ4v) is 2.06. The highest BCUT2D eigenvalue weighted by Crippen LogP contribution is 2.32. The Bertz CT molecular complexity index is 376. The predicted octanol–water partition coefficient (Wildman–Crippen LogP) is 2.71. The minimum absolute atomic E-state index is 0.352. The normalized spacial score (nSPS) is 20.1. The van der Waals surface area contributed by atoms with Crippen LogP contribution >= 0.6 is 0 Å². The maximum absolute atomic E-state index is 11.2. The zero-order chi connectivity index (χ0) is 11.4. The molecule has 1 heterocycles. The van der Waals surface area contributed by atoms with Crippen LogP contribution in [0.5, 0.6) is 5.75 Å². The summed E-state index contributed by atoms with van der Waals surface area (Å²) in [5.74, 6) is 1.54. The second-order valence-electron chi connectivity index (χ2n) is 4.28. The van der Waals surface area contributed by atoms with E-state index in [0.29, 0.717) is 31.1 Å². The van der Waals surface area contributed by atoms with Gasteiger partial charge < -0.3 is 4.74 Å². The molecule has 0 radical (unpaired) electrons. The monoisotopic (exact) mass is 219 g/mol. The standard InChI is InChI=1S/C13H17NO2/c1-2-5-16-13-7-11(8-14-9-13)10-3-4-12(15)6-10/h7-10H,2-6H2,1H3. The van der Waals surface area contributed by atoms with Crippen molar-refractivity contribution in [2.75, 3.05) is 6.61 Å². The van der Waals surface area contributed by atoms with Gasteiger partial charge in [0, 0.05) is 19.0 Å². The first-order chi connectivity index (χ1) is 7.79. The first kappa shape index (κ1) is 11.1. The molecule has 0 N–H and O–H groups in total. The zero-order valence-corrected chi connectivity index (χ0v) is 9.61. The van der Waals surface area contributed by atoms with Crippen LogP contribution in [-0.4, -0.2) is 17.4 Å². The molecule has 2 rings (SSSR count). The highest BCUT2D eigenvalue weighted by molar-refractivity contribution is 5.81. The number of hydrogen-bond donors (Lipinski definition) is 0. The summed E-state index contributed by atoms with van der Waals surface area (Å²) < 4.78 is 5.53. The van der Waals surface area contributed by atoms with Gasteiger partial charge in [0.2, 0.25) is 0 Å². The van der Waals surface area contributed by atoms with Crippen molar-refractivity contribution in [2.45, 2.75) is 38.5 Å². The summed E-state index contributed by atoms with van der Waals surface area (Å²) in [6.07, 6.45) is 6.91. The number of ether oxygens (including phenoxy) is 1. The number of rotatable bonds is 4. The summed E-state index contributed by atoms with van der Waals surface area (Å²) in [6, 6.07) is 2.02. The van der Waals surface area contributed by atoms with Crippen LogP contribution in [0, 0.1) is 0 Å². The van der Waals surface area contributed by atoms with Gasteiger partial charge in [-0.2, -0.15) is 0 Å². The van der Waals surface area contributed by atoms with E-state index in [1.807, 2.05) is 12.3 Å². The Hall–Kier alpha value is -1.38. The van der Waals surface area contributed by atoms with Crippen molar-refractivity contribution in [3.63, 3.8) is 0 Å². The van der Waals surface area contributed by atoms with E-state index in [0.717, 1.165) is 24.2 Å². The van der Waals surface area contributed by atoms with Crippen molar-refractivity contribution >= 4 is 5.78 Å². The van der Waals surface area contributed by atoms with Crippen LogP contribution < -0.4 is 4.74 Å². The van der Waals surface area contributed by atoms with Crippen LogP contribution in [0.25, 0.3) is 0 Å². The van der Waals surface area contributed by atoms with Crippen molar-refractivity contribution < 1.29 is 9.53 Å². The van der Waals surface area contributed by atoms with Gasteiger partial charge in [-0.3, -0.25) is 9.78 Å². The van der Waals surface area contributed by atoms with Gasteiger partial charge in [0.05, 0.1) is 12.8 Å². The highest BCUT2D eigenvalue weighted by Gasteiger charge is 2.23. The Balaban J connectivity index is 2.06. The molecule has 1 saturated carbocycles. The second kappa shape index (κ2) is 5.10. The average Bonchev–Trinajstić information content (AvgIpc) is 2.74. The number of hydrogen-bond acceptors (Lipinski definition) is 3. The minimum Gasteiger partial charge on any atom is -0.492 e. The number of Topliss-reactive ketones (excluding diaryl/α,β-unsaturated/α-hetero) is 1. The largest absolute Gasteiger partial charge is 0.492 e. The Morgan fingerprint density at radius 3 is 3.06 bits per heavy atom. The SMILES string of the molecule is CCCOc1cncc(C2CCC(=O)C2)c1. The maximum atomic E-state index is 11.2. The van der Waals surface area contributed by atoms with Gasteiger partial charge in [-0.1, -0.05) is 6.92 Å². The van der Waals surface area contributed by atoms with Crippen LogP contribution in [0.1, 0.15) is 44.1 Å². The van der Waals surface area contributed by atoms with E-state index in [1.54, 1.807) is 6.20 Å². The number of nitrogens with zero attached hydrogens (tertiary/aromatic N) is 1. The van der Waals surface area contributed by atoms with Crippen LogP contribution in [0.4, 0.5) is 0 Å². The molecule has 1 fully saturated rings. The number of ketones is 1. The Morgan fingerprint density at radius 1 is 1.50 bits per heavy atom. The van der Waals surface area contributed by atoms with E-state index < -0.39 is 0 Å². The molecule has 0 aromatic carbocycles. The van der Waals surface area contributed by atoms with Crippen molar-refractivity contribution in [3.8, 4) is 5.75 Å². The van der Waals surface area contributed by atoms with E-state index in [1.165, 1.54) is 0 Å². The van der Waals surface area contributed by atoms with Crippen molar-refractivity contribution in [1.29, 1.82) is 0 Å². The van der Waals surface area contributed by atoms with Crippen LogP contribution in [0.15, 0.2) is 18.5 Å². The van der Waals surface area contributed by atoms with E-state index in [-0.39, 0.29) is 0 Å². The maximum Gasteiger partial charge on any atom is 0.137 e. The molecule has 1 unspecified atom stereocenters. The van der Waals surface area contributed by atoms with Gasteiger partial charge in [-0.15, -0.1) is 0 Å². The molecule has 1 aliphatic carbocycles. The summed E-state index contributed by atoms with van der Waals surface area (Å²) in [6.45, 7) is 2.79. The first-order valence-electron chi connectivity index (χ1n) is 5.89. The van der Waals surface area contributed by atoms with Gasteiger partial charge in [-0.25, -0.2) is 0 Å². The number of carbonyl (C=O) groups is 1. The first-order valence-corrected chi connectivity index (χ1v) is 5.89. The summed E-state index contributed by atoms with van der Waals surface area (Å²) in [5, 5.41) is 0. The lowest BCUT2D eigenvalue weighted by atomic mass is 9.99.